The van der Waals surface area contributed by atoms with E-state index in [0.717, 1.165) is 5.56 Å². The minimum absolute atomic E-state index is 0.140. The van der Waals surface area contributed by atoms with Crippen LogP contribution in [0.4, 0.5) is 26.3 Å². The lowest BCUT2D eigenvalue weighted by Gasteiger charge is -2.59. The van der Waals surface area contributed by atoms with Gasteiger partial charge >= 0.3 is 12.4 Å². The highest BCUT2D eigenvalue weighted by Gasteiger charge is 2.61. The molecule has 0 saturated carbocycles. The van der Waals surface area contributed by atoms with Crippen molar-refractivity contribution in [2.75, 3.05) is 20.7 Å². The molecule has 5 nitrogen and oxygen atoms in total. The molecule has 180 valence electrons. The molecule has 33 heavy (non-hydrogen) atoms. The summed E-state index contributed by atoms with van der Waals surface area (Å²) in [4.78, 5) is 2.07. The van der Waals surface area contributed by atoms with Crippen molar-refractivity contribution in [3.05, 3.63) is 34.4 Å². The lowest BCUT2D eigenvalue weighted by Crippen LogP contribution is -2.62. The summed E-state index contributed by atoms with van der Waals surface area (Å²) in [6.45, 7) is 0.555. The van der Waals surface area contributed by atoms with E-state index in [1.165, 1.54) is 7.11 Å². The van der Waals surface area contributed by atoms with Gasteiger partial charge in [0.25, 0.3) is 0 Å². The van der Waals surface area contributed by atoms with Gasteiger partial charge in [0, 0.05) is 17.0 Å². The summed E-state index contributed by atoms with van der Waals surface area (Å²) in [5.41, 5.74) is 0.0792. The van der Waals surface area contributed by atoms with Crippen LogP contribution in [-0.2, 0) is 11.8 Å². The topological polar surface area (TPSA) is 57.1 Å². The number of likely N-dealkylation sites (tertiary alicyclic amines) is 1. The number of rotatable bonds is 1. The van der Waals surface area contributed by atoms with Crippen LogP contribution in [0.5, 0.6) is 11.5 Å². The number of phenolic OH excluding ortho intramolecular Hbond substituents is 1. The average molecular weight is 475 g/mol. The SMILES string of the molecule is COc1ccc2c(c1O)[C@]13CCN(C)[C@@H](C2)[C@@H]1CC1=C(C3)C(C(F)(F)F)=NNC1C(F)(F)F. The van der Waals surface area contributed by atoms with Crippen molar-refractivity contribution in [2.45, 2.75) is 55.5 Å². The maximum absolute atomic E-state index is 13.9. The van der Waals surface area contributed by atoms with Gasteiger partial charge in [0.15, 0.2) is 23.3 Å². The Balaban J connectivity index is 1.74. The van der Waals surface area contributed by atoms with Crippen molar-refractivity contribution in [2.24, 2.45) is 11.0 Å². The maximum Gasteiger partial charge on any atom is 0.435 e. The van der Waals surface area contributed by atoms with Crippen molar-refractivity contribution in [3.8, 4) is 11.5 Å². The second-order valence-corrected chi connectivity index (χ2v) is 9.36. The molecular formula is C22H23F6N3O2. The molecule has 2 N–H and O–H groups in total. The van der Waals surface area contributed by atoms with E-state index in [4.69, 9.17) is 4.74 Å². The Kier molecular flexibility index (Phi) is 4.77. The van der Waals surface area contributed by atoms with Crippen LogP contribution in [0.15, 0.2) is 28.4 Å². The Morgan fingerprint density at radius 3 is 2.55 bits per heavy atom. The van der Waals surface area contributed by atoms with Gasteiger partial charge in [-0.15, -0.1) is 0 Å². The number of hydrogen-bond donors (Lipinski definition) is 2. The third-order valence-corrected chi connectivity index (χ3v) is 7.88. The van der Waals surface area contributed by atoms with Gasteiger partial charge in [-0.2, -0.15) is 31.4 Å². The number of benzene rings is 1. The number of piperidine rings is 1. The highest BCUT2D eigenvalue weighted by atomic mass is 19.4. The monoisotopic (exact) mass is 475 g/mol. The summed E-state index contributed by atoms with van der Waals surface area (Å²) >= 11 is 0. The quantitative estimate of drug-likeness (QED) is 0.602. The number of phenols is 1. The summed E-state index contributed by atoms with van der Waals surface area (Å²) in [6, 6.07) is 0.987. The second kappa shape index (κ2) is 7.04. The van der Waals surface area contributed by atoms with Crippen LogP contribution in [0.1, 0.15) is 30.4 Å². The fraction of sp³-hybridized carbons (Fsp3) is 0.591. The Labute approximate surface area is 186 Å². The molecule has 1 aromatic carbocycles. The van der Waals surface area contributed by atoms with Crippen LogP contribution in [0.2, 0.25) is 0 Å². The van der Waals surface area contributed by atoms with Crippen LogP contribution < -0.4 is 10.2 Å². The Morgan fingerprint density at radius 2 is 1.91 bits per heavy atom. The molecule has 5 rings (SSSR count). The summed E-state index contributed by atoms with van der Waals surface area (Å²) in [5, 5.41) is 14.2. The molecule has 0 aromatic heterocycles. The molecule has 1 fully saturated rings. The Bertz CT molecular complexity index is 1060. The number of halogens is 6. The molecule has 1 aromatic rings. The summed E-state index contributed by atoms with van der Waals surface area (Å²) < 4.78 is 88.3. The van der Waals surface area contributed by atoms with Gasteiger partial charge < -0.3 is 14.7 Å². The van der Waals surface area contributed by atoms with Gasteiger partial charge in [-0.05, 0) is 68.0 Å². The van der Waals surface area contributed by atoms with Crippen LogP contribution in [-0.4, -0.2) is 60.9 Å². The van der Waals surface area contributed by atoms with E-state index in [1.807, 2.05) is 7.05 Å². The number of fused-ring (bicyclic) bond motifs is 1. The molecule has 4 atom stereocenters. The molecule has 0 amide bonds. The lowest BCUT2D eigenvalue weighted by atomic mass is 9.50. The summed E-state index contributed by atoms with van der Waals surface area (Å²) in [7, 11) is 3.27. The molecule has 2 aliphatic heterocycles. The summed E-state index contributed by atoms with van der Waals surface area (Å²) in [5.74, 6) is -0.333. The van der Waals surface area contributed by atoms with E-state index >= 15 is 0 Å². The van der Waals surface area contributed by atoms with E-state index in [2.05, 4.69) is 10.0 Å². The van der Waals surface area contributed by atoms with Gasteiger partial charge in [-0.25, -0.2) is 0 Å². The number of hydrogen-bond acceptors (Lipinski definition) is 5. The van der Waals surface area contributed by atoms with Crippen LogP contribution >= 0.6 is 0 Å². The first kappa shape index (κ1) is 22.4. The molecule has 4 aliphatic rings. The zero-order chi connectivity index (χ0) is 23.9. The predicted octanol–water partition coefficient (Wildman–Crippen LogP) is 4.06. The first-order valence-electron chi connectivity index (χ1n) is 10.7. The predicted molar refractivity (Wildman–Crippen MR) is 107 cm³/mol. The largest absolute Gasteiger partial charge is 0.504 e. The Morgan fingerprint density at radius 1 is 1.18 bits per heavy atom. The van der Waals surface area contributed by atoms with Crippen molar-refractivity contribution in [1.29, 1.82) is 0 Å². The molecule has 2 aliphatic carbocycles. The first-order valence-corrected chi connectivity index (χ1v) is 10.7. The molecule has 0 radical (unpaired) electrons. The van der Waals surface area contributed by atoms with E-state index in [1.54, 1.807) is 17.6 Å². The fourth-order valence-corrected chi connectivity index (χ4v) is 6.48. The average Bonchev–Trinajstić information content (AvgIpc) is 2.72. The molecule has 2 heterocycles. The molecule has 11 heteroatoms. The standard InChI is InChI=1S/C22H23F6N3O2/c1-31-6-5-20-9-12-11(18(21(23,24)25)29-30-19(12)22(26,27)28)8-13(20)14(31)7-10-3-4-15(33-2)17(32)16(10)20/h3-4,13-14,18,29,32H,5-9H2,1-2H3/t13-,14-,18?,20-/m0/s1. The van der Waals surface area contributed by atoms with Crippen LogP contribution in [0, 0.1) is 5.92 Å². The van der Waals surface area contributed by atoms with Crippen molar-refractivity contribution >= 4 is 5.71 Å². The normalized spacial score (nSPS) is 31.8. The highest BCUT2D eigenvalue weighted by Crippen LogP contribution is 2.61. The fourth-order valence-electron chi connectivity index (χ4n) is 6.48. The van der Waals surface area contributed by atoms with E-state index < -0.39 is 35.1 Å². The highest BCUT2D eigenvalue weighted by molar-refractivity contribution is 6.06. The van der Waals surface area contributed by atoms with Crippen LogP contribution in [0.3, 0.4) is 0 Å². The van der Waals surface area contributed by atoms with E-state index in [0.29, 0.717) is 24.9 Å². The van der Waals surface area contributed by atoms with E-state index in [9.17, 15) is 31.4 Å². The summed E-state index contributed by atoms with van der Waals surface area (Å²) in [6.07, 6.45) is -9.23. The number of allylic oxidation sites excluding steroid dienone is 1. The Hall–Kier alpha value is -2.43. The number of nitrogens with one attached hydrogen (secondary N) is 1. The number of alkyl halides is 6. The molecule has 2 bridgehead atoms. The second-order valence-electron chi connectivity index (χ2n) is 9.36. The molecule has 1 saturated heterocycles. The third-order valence-electron chi connectivity index (χ3n) is 7.88. The van der Waals surface area contributed by atoms with Crippen LogP contribution in [0.25, 0.3) is 0 Å². The number of ether oxygens (including phenoxy) is 1. The number of methoxy groups -OCH3 is 1. The van der Waals surface area contributed by atoms with Gasteiger partial charge in [0.05, 0.1) is 7.11 Å². The third kappa shape index (κ3) is 3.14. The van der Waals surface area contributed by atoms with Crippen molar-refractivity contribution in [3.63, 3.8) is 0 Å². The number of nitrogens with zero attached hydrogens (tertiary/aromatic N) is 2. The smallest absolute Gasteiger partial charge is 0.435 e. The van der Waals surface area contributed by atoms with Crippen molar-refractivity contribution < 1.29 is 36.2 Å². The van der Waals surface area contributed by atoms with E-state index in [-0.39, 0.29) is 41.9 Å². The zero-order valence-corrected chi connectivity index (χ0v) is 17.9. The van der Waals surface area contributed by atoms with Gasteiger partial charge in [-0.1, -0.05) is 6.07 Å². The molecular weight excluding hydrogens is 452 g/mol. The molecule has 0 spiro atoms. The van der Waals surface area contributed by atoms with Gasteiger partial charge in [-0.3, -0.25) is 5.43 Å². The van der Waals surface area contributed by atoms with Gasteiger partial charge in [0.1, 0.15) is 0 Å². The van der Waals surface area contributed by atoms with Crippen molar-refractivity contribution in [1.82, 2.24) is 10.3 Å². The maximum atomic E-state index is 13.9. The zero-order valence-electron chi connectivity index (χ0n) is 17.9. The number of likely N-dealkylation sites (N-methyl/N-ethyl adjacent to an activating group) is 1. The first-order chi connectivity index (χ1) is 15.4. The minimum atomic E-state index is -4.91. The molecule has 1 unspecified atom stereocenters. The minimum Gasteiger partial charge on any atom is -0.504 e. The van der Waals surface area contributed by atoms with Gasteiger partial charge in [0.2, 0.25) is 0 Å². The lowest BCUT2D eigenvalue weighted by molar-refractivity contribution is -0.150. The number of hydrazone groups is 1. The number of aromatic hydroxyl groups is 1.